The average Bonchev–Trinajstić information content (AvgIpc) is 2.45. The summed E-state index contributed by atoms with van der Waals surface area (Å²) in [5.74, 6) is -1.56. The Morgan fingerprint density at radius 2 is 2.05 bits per heavy atom. The fourth-order valence-electron chi connectivity index (χ4n) is 1.46. The van der Waals surface area contributed by atoms with Gasteiger partial charge in [0.1, 0.15) is 6.04 Å². The molecular formula is C12H17N2O7P. The average molecular weight is 332 g/mol. The van der Waals surface area contributed by atoms with Crippen molar-refractivity contribution in [3.63, 3.8) is 0 Å². The summed E-state index contributed by atoms with van der Waals surface area (Å²) in [5, 5.41) is 0. The fourth-order valence-corrected chi connectivity index (χ4v) is 1.87. The van der Waals surface area contributed by atoms with Gasteiger partial charge in [-0.25, -0.2) is 19.7 Å². The predicted octanol–water partition coefficient (Wildman–Crippen LogP) is 0.485. The highest BCUT2D eigenvalue weighted by molar-refractivity contribution is 7.50. The zero-order valence-electron chi connectivity index (χ0n) is 12.0. The summed E-state index contributed by atoms with van der Waals surface area (Å²) >= 11 is 0. The summed E-state index contributed by atoms with van der Waals surface area (Å²) < 4.78 is 19.5. The molecule has 1 aromatic rings. The van der Waals surface area contributed by atoms with Crippen molar-refractivity contribution in [3.8, 4) is 0 Å². The van der Waals surface area contributed by atoms with Gasteiger partial charge in [0.15, 0.2) is 0 Å². The van der Waals surface area contributed by atoms with Crippen LogP contribution in [0.5, 0.6) is 0 Å². The molecule has 0 fully saturated rings. The van der Waals surface area contributed by atoms with E-state index in [1.54, 1.807) is 24.3 Å². The maximum Gasteiger partial charge on any atom is 0.455 e. The van der Waals surface area contributed by atoms with Crippen molar-refractivity contribution >= 4 is 19.7 Å². The molecule has 9 nitrogen and oxygen atoms in total. The minimum atomic E-state index is -4.40. The van der Waals surface area contributed by atoms with Gasteiger partial charge in [-0.2, -0.15) is 5.48 Å². The molecule has 0 amide bonds. The molecule has 0 radical (unpaired) electrons. The van der Waals surface area contributed by atoms with Gasteiger partial charge in [0.05, 0.1) is 19.3 Å². The first kappa shape index (κ1) is 18.3. The molecular weight excluding hydrogens is 315 g/mol. The summed E-state index contributed by atoms with van der Waals surface area (Å²) in [7, 11) is -3.14. The van der Waals surface area contributed by atoms with E-state index >= 15 is 0 Å². The molecule has 0 saturated heterocycles. The first-order valence-electron chi connectivity index (χ1n) is 6.13. The van der Waals surface area contributed by atoms with Crippen LogP contribution >= 0.6 is 7.75 Å². The lowest BCUT2D eigenvalue weighted by Crippen LogP contribution is -2.35. The van der Waals surface area contributed by atoms with Crippen molar-refractivity contribution in [2.75, 3.05) is 7.11 Å². The number of carbonyl (C=O) groups excluding carboxylic acids is 2. The van der Waals surface area contributed by atoms with Crippen LogP contribution < -0.4 is 11.0 Å². The first-order chi connectivity index (χ1) is 10.2. The van der Waals surface area contributed by atoms with Gasteiger partial charge in [-0.05, 0) is 18.6 Å². The highest BCUT2D eigenvalue weighted by Crippen LogP contribution is 2.31. The summed E-state index contributed by atoms with van der Waals surface area (Å²) in [5.41, 5.74) is 7.89. The van der Waals surface area contributed by atoms with Crippen LogP contribution in [0.2, 0.25) is 0 Å². The Labute approximate surface area is 126 Å². The molecule has 2 atom stereocenters. The molecule has 0 aliphatic heterocycles. The van der Waals surface area contributed by atoms with Gasteiger partial charge >= 0.3 is 19.7 Å². The lowest BCUT2D eigenvalue weighted by molar-refractivity contribution is -0.141. The number of nitrogens with two attached hydrogens (primary N) is 1. The number of carbonyl (C=O) groups is 2. The number of ether oxygens (including phenoxy) is 1. The zero-order chi connectivity index (χ0) is 16.8. The van der Waals surface area contributed by atoms with Crippen molar-refractivity contribution in [2.45, 2.75) is 19.6 Å². The molecule has 4 N–H and O–H groups in total. The number of nitrogens with one attached hydrogen (secondary N) is 1. The number of hydrogen-bond donors (Lipinski definition) is 3. The number of hydroxylamine groups is 1. The second-order valence-electron chi connectivity index (χ2n) is 4.25. The van der Waals surface area contributed by atoms with Gasteiger partial charge in [0, 0.05) is 0 Å². The van der Waals surface area contributed by atoms with Gasteiger partial charge < -0.3 is 14.2 Å². The Morgan fingerprint density at radius 3 is 2.64 bits per heavy atom. The Hall–Kier alpha value is -1.77. The van der Waals surface area contributed by atoms with Crippen LogP contribution in [-0.2, 0) is 30.1 Å². The Balaban J connectivity index is 2.56. The van der Waals surface area contributed by atoms with E-state index in [9.17, 15) is 14.2 Å². The molecule has 22 heavy (non-hydrogen) atoms. The Kier molecular flexibility index (Phi) is 6.66. The molecule has 10 heteroatoms. The predicted molar refractivity (Wildman–Crippen MR) is 75.3 cm³/mol. The van der Waals surface area contributed by atoms with E-state index in [4.69, 9.17) is 15.2 Å². The molecule has 0 spiro atoms. The third-order valence-corrected chi connectivity index (χ3v) is 2.93. The monoisotopic (exact) mass is 332 g/mol. The summed E-state index contributed by atoms with van der Waals surface area (Å²) in [6.07, 6.45) is 0. The number of rotatable bonds is 7. The Morgan fingerprint density at radius 1 is 1.41 bits per heavy atom. The molecule has 0 aliphatic rings. The van der Waals surface area contributed by atoms with Crippen LogP contribution in [0.4, 0.5) is 0 Å². The molecule has 0 aromatic heterocycles. The van der Waals surface area contributed by atoms with Crippen LogP contribution in [0.3, 0.4) is 0 Å². The molecule has 1 aromatic carbocycles. The van der Waals surface area contributed by atoms with Crippen molar-refractivity contribution in [1.29, 1.82) is 0 Å². The SMILES string of the molecule is COC(=O)c1ccccc1CON[C@@H](C)C(=O)OP(N)(=O)O. The van der Waals surface area contributed by atoms with Crippen LogP contribution in [0.1, 0.15) is 22.8 Å². The molecule has 0 bridgehead atoms. The topological polar surface area (TPSA) is 137 Å². The number of esters is 1. The fraction of sp³-hybridized carbons (Fsp3) is 0.333. The third-order valence-electron chi connectivity index (χ3n) is 2.48. The van der Waals surface area contributed by atoms with E-state index in [0.717, 1.165) is 0 Å². The van der Waals surface area contributed by atoms with E-state index in [2.05, 4.69) is 14.7 Å². The third kappa shape index (κ3) is 5.92. The van der Waals surface area contributed by atoms with Crippen LogP contribution in [-0.4, -0.2) is 30.0 Å². The smallest absolute Gasteiger partial charge is 0.455 e. The minimum absolute atomic E-state index is 0.0394. The second kappa shape index (κ2) is 8.02. The van der Waals surface area contributed by atoms with E-state index < -0.39 is 25.7 Å². The highest BCUT2D eigenvalue weighted by Gasteiger charge is 2.23. The van der Waals surface area contributed by atoms with Crippen molar-refractivity contribution in [3.05, 3.63) is 35.4 Å². The summed E-state index contributed by atoms with van der Waals surface area (Å²) in [6.45, 7) is 1.31. The van der Waals surface area contributed by atoms with E-state index in [1.807, 2.05) is 0 Å². The van der Waals surface area contributed by atoms with E-state index in [-0.39, 0.29) is 6.61 Å². The van der Waals surface area contributed by atoms with Crippen molar-refractivity contribution in [1.82, 2.24) is 5.48 Å². The second-order valence-corrected chi connectivity index (χ2v) is 5.56. The van der Waals surface area contributed by atoms with Gasteiger partial charge in [0.2, 0.25) is 0 Å². The first-order valence-corrected chi connectivity index (χ1v) is 7.77. The molecule has 122 valence electrons. The van der Waals surface area contributed by atoms with Crippen LogP contribution in [0, 0.1) is 0 Å². The highest BCUT2D eigenvalue weighted by atomic mass is 31.2. The number of methoxy groups -OCH3 is 1. The largest absolute Gasteiger partial charge is 0.465 e. The van der Waals surface area contributed by atoms with Gasteiger partial charge in [-0.3, -0.25) is 4.84 Å². The minimum Gasteiger partial charge on any atom is -0.465 e. The van der Waals surface area contributed by atoms with Crippen molar-refractivity contribution < 1.29 is 33.1 Å². The zero-order valence-corrected chi connectivity index (χ0v) is 12.9. The number of benzene rings is 1. The van der Waals surface area contributed by atoms with Gasteiger partial charge in [-0.15, -0.1) is 0 Å². The van der Waals surface area contributed by atoms with E-state index in [1.165, 1.54) is 14.0 Å². The van der Waals surface area contributed by atoms with E-state index in [0.29, 0.717) is 11.1 Å². The normalized spacial score (nSPS) is 14.7. The molecule has 0 aliphatic carbocycles. The maximum atomic E-state index is 11.6. The summed E-state index contributed by atoms with van der Waals surface area (Å²) in [6, 6.07) is 5.56. The molecule has 0 saturated carbocycles. The lowest BCUT2D eigenvalue weighted by Gasteiger charge is -2.14. The molecule has 0 heterocycles. The lowest BCUT2D eigenvalue weighted by atomic mass is 10.1. The maximum absolute atomic E-state index is 11.6. The quantitative estimate of drug-likeness (QED) is 0.370. The number of hydrogen-bond acceptors (Lipinski definition) is 7. The Bertz CT molecular complexity index is 587. The molecule has 1 unspecified atom stereocenters. The molecule has 1 rings (SSSR count). The van der Waals surface area contributed by atoms with Gasteiger partial charge in [-0.1, -0.05) is 18.2 Å². The van der Waals surface area contributed by atoms with Crippen molar-refractivity contribution in [2.24, 2.45) is 5.50 Å². The van der Waals surface area contributed by atoms with Crippen LogP contribution in [0.25, 0.3) is 0 Å². The van der Waals surface area contributed by atoms with Gasteiger partial charge in [0.25, 0.3) is 0 Å². The summed E-state index contributed by atoms with van der Waals surface area (Å²) in [4.78, 5) is 36.7. The van der Waals surface area contributed by atoms with Crippen LogP contribution in [0.15, 0.2) is 24.3 Å². The standard InChI is InChI=1S/C12H17N2O7P/c1-8(11(15)21-22(13,17)18)14-20-7-9-5-3-4-6-10(9)12(16)19-2/h3-6,8,14H,7H2,1-2H3,(H3,13,17,18)/t8-/m0/s1.